The van der Waals surface area contributed by atoms with Gasteiger partial charge >= 0.3 is 0 Å². The van der Waals surface area contributed by atoms with Crippen molar-refractivity contribution in [2.45, 2.75) is 32.5 Å². The zero-order valence-electron chi connectivity index (χ0n) is 18.6. The van der Waals surface area contributed by atoms with E-state index in [0.717, 1.165) is 16.7 Å². The van der Waals surface area contributed by atoms with Crippen LogP contribution in [0.5, 0.6) is 0 Å². The lowest BCUT2D eigenvalue weighted by Crippen LogP contribution is -2.28. The van der Waals surface area contributed by atoms with Crippen molar-refractivity contribution >= 4 is 58.7 Å². The van der Waals surface area contributed by atoms with Crippen molar-refractivity contribution in [1.82, 2.24) is 3.11 Å². The summed E-state index contributed by atoms with van der Waals surface area (Å²) in [7, 11) is 7.40. The predicted molar refractivity (Wildman–Crippen MR) is 142 cm³/mol. The van der Waals surface area contributed by atoms with Crippen LogP contribution in [0.2, 0.25) is 0 Å². The van der Waals surface area contributed by atoms with Crippen molar-refractivity contribution in [2.75, 3.05) is 14.2 Å². The molecule has 0 saturated heterocycles. The number of amides is 1. The summed E-state index contributed by atoms with van der Waals surface area (Å²) in [5.74, 6) is -0.302. The van der Waals surface area contributed by atoms with E-state index in [2.05, 4.69) is 28.8 Å². The van der Waals surface area contributed by atoms with Crippen molar-refractivity contribution in [1.29, 1.82) is 0 Å². The minimum Gasteiger partial charge on any atom is -0.398 e. The Hall–Kier alpha value is -1.63. The van der Waals surface area contributed by atoms with Gasteiger partial charge in [-0.05, 0) is 26.3 Å². The average molecular weight is 589 g/mol. The van der Waals surface area contributed by atoms with Gasteiger partial charge in [-0.3, -0.25) is 7.91 Å². The van der Waals surface area contributed by atoms with E-state index in [-0.39, 0.29) is 18.2 Å². The van der Waals surface area contributed by atoms with Crippen LogP contribution >= 0.6 is 41.3 Å². The Kier molecular flexibility index (Phi) is 9.55. The number of aryl methyl sites for hydroxylation is 2. The second kappa shape index (κ2) is 11.5. The molecule has 0 aromatic heterocycles. The van der Waals surface area contributed by atoms with Gasteiger partial charge in [-0.15, -0.1) is 0 Å². The zero-order chi connectivity index (χ0) is 24.1. The molecule has 2 atom stereocenters. The molecule has 2 aromatic carbocycles. The second-order valence-electron chi connectivity index (χ2n) is 7.27. The molecule has 1 amide bonds. The van der Waals surface area contributed by atoms with Gasteiger partial charge in [0.2, 0.25) is 0 Å². The summed E-state index contributed by atoms with van der Waals surface area (Å²) in [5.41, 5.74) is 5.06. The standard InChI is InChI=1S/C22H27FIN3O3P2/c1-13-9-10-16(19(11-13)22(23,31)32)15(3)25-30-12-18-14(2)7-6-8-17(18)20(26-29-5)21(28)27(4)24/h6-11H,12,31-32H2,1-5H3/b25-15+,26-20+. The fraction of sp³-hybridized carbons (Fsp3) is 0.318. The van der Waals surface area contributed by atoms with Crippen LogP contribution in [-0.2, 0) is 26.2 Å². The Morgan fingerprint density at radius 3 is 2.47 bits per heavy atom. The molecular weight excluding hydrogens is 562 g/mol. The average Bonchev–Trinajstić information content (AvgIpc) is 2.71. The van der Waals surface area contributed by atoms with E-state index >= 15 is 0 Å². The van der Waals surface area contributed by atoms with Gasteiger partial charge in [0, 0.05) is 29.3 Å². The van der Waals surface area contributed by atoms with Crippen LogP contribution in [0.3, 0.4) is 0 Å². The first-order chi connectivity index (χ1) is 15.0. The minimum atomic E-state index is -1.68. The van der Waals surface area contributed by atoms with E-state index in [1.807, 2.05) is 61.0 Å². The van der Waals surface area contributed by atoms with Crippen LogP contribution in [0.1, 0.15) is 40.3 Å². The third kappa shape index (κ3) is 6.69. The highest BCUT2D eigenvalue weighted by molar-refractivity contribution is 14.1. The van der Waals surface area contributed by atoms with Crippen molar-refractivity contribution < 1.29 is 18.9 Å². The predicted octanol–water partition coefficient (Wildman–Crippen LogP) is 5.23. The van der Waals surface area contributed by atoms with Crippen LogP contribution in [0, 0.1) is 13.8 Å². The highest BCUT2D eigenvalue weighted by atomic mass is 127. The first kappa shape index (κ1) is 26.6. The number of rotatable bonds is 8. The number of alkyl halides is 1. The lowest BCUT2D eigenvalue weighted by Gasteiger charge is -2.19. The molecule has 0 bridgehead atoms. The van der Waals surface area contributed by atoms with Crippen LogP contribution in [-0.4, -0.2) is 34.6 Å². The van der Waals surface area contributed by atoms with Gasteiger partial charge < -0.3 is 9.68 Å². The Morgan fingerprint density at radius 1 is 1.19 bits per heavy atom. The van der Waals surface area contributed by atoms with Crippen molar-refractivity contribution in [2.24, 2.45) is 10.3 Å². The molecule has 0 aliphatic heterocycles. The molecule has 0 heterocycles. The van der Waals surface area contributed by atoms with Gasteiger partial charge in [0.05, 0.1) is 28.6 Å². The first-order valence-electron chi connectivity index (χ1n) is 9.66. The molecule has 0 saturated carbocycles. The number of halogens is 2. The lowest BCUT2D eigenvalue weighted by atomic mass is 9.98. The fourth-order valence-electron chi connectivity index (χ4n) is 3.09. The highest BCUT2D eigenvalue weighted by Crippen LogP contribution is 2.42. The Balaban J connectivity index is 2.38. The Bertz CT molecular complexity index is 1050. The van der Waals surface area contributed by atoms with Crippen molar-refractivity contribution in [3.05, 3.63) is 69.8 Å². The number of carbonyl (C=O) groups excluding carboxylic acids is 1. The number of benzene rings is 2. The molecule has 6 nitrogen and oxygen atoms in total. The maximum Gasteiger partial charge on any atom is 0.284 e. The summed E-state index contributed by atoms with van der Waals surface area (Å²) in [4.78, 5) is 23.2. The third-order valence-corrected chi connectivity index (χ3v) is 5.78. The van der Waals surface area contributed by atoms with E-state index in [1.54, 1.807) is 26.1 Å². The molecular formula is C22H27FIN3O3P2. The van der Waals surface area contributed by atoms with Crippen molar-refractivity contribution in [3.8, 4) is 0 Å². The number of oxime groups is 2. The summed E-state index contributed by atoms with van der Waals surface area (Å²) in [6, 6.07) is 11.1. The van der Waals surface area contributed by atoms with Gasteiger partial charge in [-0.25, -0.2) is 4.39 Å². The van der Waals surface area contributed by atoms with E-state index in [0.29, 0.717) is 22.4 Å². The summed E-state index contributed by atoms with van der Waals surface area (Å²) in [6.45, 7) is 5.69. The second-order valence-corrected chi connectivity index (χ2v) is 11.1. The topological polar surface area (TPSA) is 63.5 Å². The van der Waals surface area contributed by atoms with Crippen LogP contribution < -0.4 is 0 Å². The molecule has 2 rings (SSSR count). The van der Waals surface area contributed by atoms with E-state index in [1.165, 1.54) is 10.2 Å². The SMILES string of the molecule is CO/N=C(/C(=O)N(C)I)c1cccc(C)c1CO/N=C(\C)c1ccc(C)cc1C(F)(P)P. The number of hydrogen-bond acceptors (Lipinski definition) is 5. The molecule has 172 valence electrons. The van der Waals surface area contributed by atoms with Gasteiger partial charge in [0.15, 0.2) is 10.9 Å². The Labute approximate surface area is 206 Å². The summed E-state index contributed by atoms with van der Waals surface area (Å²) in [6.07, 6.45) is 0. The molecule has 0 aliphatic rings. The molecule has 32 heavy (non-hydrogen) atoms. The van der Waals surface area contributed by atoms with E-state index in [4.69, 9.17) is 9.68 Å². The van der Waals surface area contributed by atoms with E-state index < -0.39 is 5.15 Å². The summed E-state index contributed by atoms with van der Waals surface area (Å²) in [5, 5.41) is 6.48. The molecule has 0 spiro atoms. The maximum atomic E-state index is 14.7. The van der Waals surface area contributed by atoms with Crippen LogP contribution in [0.15, 0.2) is 46.7 Å². The van der Waals surface area contributed by atoms with E-state index in [9.17, 15) is 9.18 Å². The third-order valence-electron chi connectivity index (χ3n) is 4.72. The molecule has 2 aromatic rings. The van der Waals surface area contributed by atoms with Gasteiger partial charge in [-0.2, -0.15) is 0 Å². The summed E-state index contributed by atoms with van der Waals surface area (Å²) >= 11 is 1.89. The number of hydrogen-bond donors (Lipinski definition) is 0. The van der Waals surface area contributed by atoms with Gasteiger partial charge in [0.25, 0.3) is 5.91 Å². The van der Waals surface area contributed by atoms with Crippen LogP contribution in [0.25, 0.3) is 0 Å². The van der Waals surface area contributed by atoms with Gasteiger partial charge in [0.1, 0.15) is 13.7 Å². The highest BCUT2D eigenvalue weighted by Gasteiger charge is 2.25. The lowest BCUT2D eigenvalue weighted by molar-refractivity contribution is -0.117. The molecule has 0 radical (unpaired) electrons. The fourth-order valence-corrected chi connectivity index (χ4v) is 3.80. The van der Waals surface area contributed by atoms with Gasteiger partial charge in [-0.1, -0.05) is 70.8 Å². The monoisotopic (exact) mass is 589 g/mol. The minimum absolute atomic E-state index is 0.101. The molecule has 0 aliphatic carbocycles. The number of carbonyl (C=O) groups is 1. The Morgan fingerprint density at radius 2 is 1.88 bits per heavy atom. The first-order valence-corrected chi connectivity index (χ1v) is 11.8. The molecule has 10 heteroatoms. The maximum absolute atomic E-state index is 14.7. The molecule has 0 fully saturated rings. The summed E-state index contributed by atoms with van der Waals surface area (Å²) < 4.78 is 16.1. The normalized spacial score (nSPS) is 12.5. The van der Waals surface area contributed by atoms with Crippen LogP contribution in [0.4, 0.5) is 4.39 Å². The van der Waals surface area contributed by atoms with Crippen molar-refractivity contribution in [3.63, 3.8) is 0 Å². The quantitative estimate of drug-likeness (QED) is 0.139. The zero-order valence-corrected chi connectivity index (χ0v) is 23.1. The smallest absolute Gasteiger partial charge is 0.284 e. The largest absolute Gasteiger partial charge is 0.398 e. The number of likely N-dealkylation sites (N-methyl/N-ethyl adjacent to an activating group) is 1. The number of nitrogens with zero attached hydrogens (tertiary/aromatic N) is 3. The molecule has 0 N–H and O–H groups in total. The molecule has 2 unspecified atom stereocenters.